The molecule has 0 nitrogen and oxygen atoms in total. The van der Waals surface area contributed by atoms with E-state index in [0.29, 0.717) is 11.3 Å². The molecule has 0 heteroatoms. The predicted molar refractivity (Wildman–Crippen MR) is 100 cm³/mol. The van der Waals surface area contributed by atoms with Gasteiger partial charge in [0, 0.05) is 5.92 Å². The molecule has 0 saturated carbocycles. The van der Waals surface area contributed by atoms with E-state index in [9.17, 15) is 0 Å². The topological polar surface area (TPSA) is 0 Å². The number of benzene rings is 2. The minimum Gasteiger partial charge on any atom is -0.0622 e. The minimum atomic E-state index is 0.281. The second-order valence-electron chi connectivity index (χ2n) is 8.65. The van der Waals surface area contributed by atoms with Crippen LogP contribution in [0.25, 0.3) is 0 Å². The molecule has 0 bridgehead atoms. The van der Waals surface area contributed by atoms with Crippen LogP contribution in [0.4, 0.5) is 0 Å². The van der Waals surface area contributed by atoms with Crippen LogP contribution >= 0.6 is 0 Å². The van der Waals surface area contributed by atoms with Gasteiger partial charge in [0.2, 0.25) is 0 Å². The molecular weight excluding hydrogens is 276 g/mol. The molecule has 0 fully saturated rings. The van der Waals surface area contributed by atoms with Crippen molar-refractivity contribution in [1.82, 2.24) is 0 Å². The zero-order chi connectivity index (χ0) is 16.8. The van der Waals surface area contributed by atoms with E-state index in [-0.39, 0.29) is 5.41 Å². The Bertz CT molecular complexity index is 704. The summed E-state index contributed by atoms with van der Waals surface area (Å²) in [6.07, 6.45) is 2.55. The lowest BCUT2D eigenvalue weighted by Crippen LogP contribution is -2.34. The maximum atomic E-state index is 2.52. The Morgan fingerprint density at radius 1 is 0.826 bits per heavy atom. The summed E-state index contributed by atoms with van der Waals surface area (Å²) < 4.78 is 0. The van der Waals surface area contributed by atoms with Gasteiger partial charge in [-0.2, -0.15) is 0 Å². The first-order valence-corrected chi connectivity index (χ1v) is 8.93. The van der Waals surface area contributed by atoms with Crippen molar-refractivity contribution in [3.63, 3.8) is 0 Å². The Kier molecular flexibility index (Phi) is 3.91. The third-order valence-electron chi connectivity index (χ3n) is 6.01. The Balaban J connectivity index is 2.15. The highest BCUT2D eigenvalue weighted by atomic mass is 14.4. The van der Waals surface area contributed by atoms with E-state index >= 15 is 0 Å². The number of hydrogen-bond donors (Lipinski definition) is 0. The second-order valence-corrected chi connectivity index (χ2v) is 8.65. The quantitative estimate of drug-likeness (QED) is 0.594. The van der Waals surface area contributed by atoms with Crippen molar-refractivity contribution in [1.29, 1.82) is 0 Å². The summed E-state index contributed by atoms with van der Waals surface area (Å²) in [6, 6.07) is 15.9. The summed E-state index contributed by atoms with van der Waals surface area (Å²) >= 11 is 0. The Morgan fingerprint density at radius 3 is 1.91 bits per heavy atom. The smallest absolute Gasteiger partial charge is 0.00637 e. The van der Waals surface area contributed by atoms with Crippen LogP contribution in [0.5, 0.6) is 0 Å². The lowest BCUT2D eigenvalue weighted by molar-refractivity contribution is 0.331. The molecule has 2 aromatic carbocycles. The molecule has 23 heavy (non-hydrogen) atoms. The zero-order valence-electron chi connectivity index (χ0n) is 15.5. The normalized spacial score (nSPS) is 19.9. The van der Waals surface area contributed by atoms with E-state index in [1.54, 1.807) is 11.1 Å². The van der Waals surface area contributed by atoms with Crippen LogP contribution in [-0.4, -0.2) is 0 Å². The highest BCUT2D eigenvalue weighted by molar-refractivity contribution is 5.49. The Morgan fingerprint density at radius 2 is 1.35 bits per heavy atom. The molecule has 0 aromatic heterocycles. The molecule has 0 spiro atoms. The fourth-order valence-corrected chi connectivity index (χ4v) is 4.13. The van der Waals surface area contributed by atoms with Gasteiger partial charge in [0.15, 0.2) is 0 Å². The number of aryl methyl sites for hydroxylation is 1. The third-order valence-corrected chi connectivity index (χ3v) is 6.01. The predicted octanol–water partition coefficient (Wildman–Crippen LogP) is 6.50. The van der Waals surface area contributed by atoms with Crippen molar-refractivity contribution in [2.75, 3.05) is 0 Å². The molecule has 0 radical (unpaired) electrons. The summed E-state index contributed by atoms with van der Waals surface area (Å²) in [5.74, 6) is 0.447. The molecule has 122 valence electrons. The van der Waals surface area contributed by atoms with E-state index < -0.39 is 0 Å². The van der Waals surface area contributed by atoms with Crippen LogP contribution < -0.4 is 0 Å². The van der Waals surface area contributed by atoms with Gasteiger partial charge in [-0.15, -0.1) is 0 Å². The van der Waals surface area contributed by atoms with Crippen molar-refractivity contribution in [3.05, 3.63) is 70.3 Å². The van der Waals surface area contributed by atoms with E-state index in [2.05, 4.69) is 84.0 Å². The maximum Gasteiger partial charge on any atom is 0.00637 e. The molecule has 3 rings (SSSR count). The van der Waals surface area contributed by atoms with Crippen LogP contribution in [-0.2, 0) is 10.8 Å². The molecule has 2 aromatic rings. The molecule has 1 aliphatic carbocycles. The van der Waals surface area contributed by atoms with Gasteiger partial charge in [0.1, 0.15) is 0 Å². The fourth-order valence-electron chi connectivity index (χ4n) is 4.13. The van der Waals surface area contributed by atoms with Crippen molar-refractivity contribution < 1.29 is 0 Å². The number of hydrogen-bond acceptors (Lipinski definition) is 0. The molecule has 1 aliphatic rings. The SMILES string of the molecule is Cc1cc2c(cc1C(C)c1ccccc1)C(C)(C)CCC2(C)C. The van der Waals surface area contributed by atoms with Crippen LogP contribution in [0, 0.1) is 6.92 Å². The molecular formula is C23H30. The average molecular weight is 306 g/mol. The molecule has 0 N–H and O–H groups in total. The van der Waals surface area contributed by atoms with Gasteiger partial charge in [-0.3, -0.25) is 0 Å². The summed E-state index contributed by atoms with van der Waals surface area (Å²) in [6.45, 7) is 14.3. The van der Waals surface area contributed by atoms with Crippen molar-refractivity contribution in [3.8, 4) is 0 Å². The summed E-state index contributed by atoms with van der Waals surface area (Å²) in [5.41, 5.74) is 8.04. The summed E-state index contributed by atoms with van der Waals surface area (Å²) in [4.78, 5) is 0. The summed E-state index contributed by atoms with van der Waals surface area (Å²) in [5, 5.41) is 0. The first-order valence-electron chi connectivity index (χ1n) is 8.93. The number of fused-ring (bicyclic) bond motifs is 1. The molecule has 1 unspecified atom stereocenters. The van der Waals surface area contributed by atoms with Gasteiger partial charge < -0.3 is 0 Å². The highest BCUT2D eigenvalue weighted by Crippen LogP contribution is 2.47. The summed E-state index contributed by atoms with van der Waals surface area (Å²) in [7, 11) is 0. The fraction of sp³-hybridized carbons (Fsp3) is 0.478. The van der Waals surface area contributed by atoms with Crippen LogP contribution in [0.3, 0.4) is 0 Å². The average Bonchev–Trinajstić information content (AvgIpc) is 2.52. The monoisotopic (exact) mass is 306 g/mol. The highest BCUT2D eigenvalue weighted by Gasteiger charge is 2.37. The van der Waals surface area contributed by atoms with Crippen LogP contribution in [0.2, 0.25) is 0 Å². The minimum absolute atomic E-state index is 0.281. The Hall–Kier alpha value is -1.56. The second kappa shape index (κ2) is 5.51. The van der Waals surface area contributed by atoms with Crippen molar-refractivity contribution >= 4 is 0 Å². The van der Waals surface area contributed by atoms with E-state index in [0.717, 1.165) is 0 Å². The third kappa shape index (κ3) is 2.84. The van der Waals surface area contributed by atoms with E-state index in [1.807, 2.05) is 0 Å². The zero-order valence-corrected chi connectivity index (χ0v) is 15.5. The van der Waals surface area contributed by atoms with Gasteiger partial charge in [-0.05, 0) is 58.4 Å². The lowest BCUT2D eigenvalue weighted by Gasteiger charge is -2.42. The molecule has 0 saturated heterocycles. The van der Waals surface area contributed by atoms with Gasteiger partial charge in [-0.25, -0.2) is 0 Å². The van der Waals surface area contributed by atoms with Gasteiger partial charge in [-0.1, -0.05) is 77.1 Å². The molecule has 0 heterocycles. The number of rotatable bonds is 2. The molecule has 0 amide bonds. The maximum absolute atomic E-state index is 2.52. The van der Waals surface area contributed by atoms with E-state index in [1.165, 1.54) is 29.5 Å². The van der Waals surface area contributed by atoms with Gasteiger partial charge in [0.25, 0.3) is 0 Å². The Labute approximate surface area is 141 Å². The molecule has 1 atom stereocenters. The first-order chi connectivity index (χ1) is 10.7. The largest absolute Gasteiger partial charge is 0.0622 e. The first kappa shape index (κ1) is 16.3. The van der Waals surface area contributed by atoms with Crippen LogP contribution in [0.15, 0.2) is 42.5 Å². The van der Waals surface area contributed by atoms with Crippen LogP contribution in [0.1, 0.15) is 81.2 Å². The van der Waals surface area contributed by atoms with Crippen molar-refractivity contribution in [2.45, 2.75) is 71.1 Å². The van der Waals surface area contributed by atoms with Gasteiger partial charge >= 0.3 is 0 Å². The van der Waals surface area contributed by atoms with Crippen molar-refractivity contribution in [2.24, 2.45) is 0 Å². The standard InChI is InChI=1S/C23H30/c1-16-14-20-21(23(5,6)13-12-22(20,3)4)15-19(16)17(2)18-10-8-7-9-11-18/h7-11,14-15,17H,12-13H2,1-6H3. The molecule has 0 aliphatic heterocycles. The van der Waals surface area contributed by atoms with E-state index in [4.69, 9.17) is 0 Å². The van der Waals surface area contributed by atoms with Gasteiger partial charge in [0.05, 0.1) is 0 Å². The lowest BCUT2D eigenvalue weighted by atomic mass is 9.62.